The fourth-order valence-corrected chi connectivity index (χ4v) is 5.56. The van der Waals surface area contributed by atoms with E-state index in [1.54, 1.807) is 24.3 Å². The number of amidine groups is 1. The Morgan fingerprint density at radius 1 is 0.848 bits per heavy atom. The van der Waals surface area contributed by atoms with Crippen molar-refractivity contribution in [3.05, 3.63) is 71.3 Å². The average molecular weight is 635 g/mol. The highest BCUT2D eigenvalue weighted by Gasteiger charge is 2.33. The molecular weight excluding hydrogens is 588 g/mol. The van der Waals surface area contributed by atoms with Gasteiger partial charge in [-0.25, -0.2) is 4.79 Å². The second kappa shape index (κ2) is 18.1. The molecule has 46 heavy (non-hydrogen) atoms. The van der Waals surface area contributed by atoms with E-state index in [1.807, 2.05) is 30.3 Å². The lowest BCUT2D eigenvalue weighted by Gasteiger charge is -2.28. The average Bonchev–Trinajstić information content (AvgIpc) is 3.04. The molecule has 248 valence electrons. The molecule has 1 aliphatic rings. The molecule has 0 aromatic heterocycles. The fourth-order valence-electron chi connectivity index (χ4n) is 5.56. The first kappa shape index (κ1) is 35.5. The summed E-state index contributed by atoms with van der Waals surface area (Å²) in [6.07, 6.45) is 5.67. The molecule has 2 aromatic carbocycles. The number of nitrogen functional groups attached to an aromatic ring is 1. The molecule has 11 N–H and O–H groups in total. The van der Waals surface area contributed by atoms with Crippen LogP contribution in [-0.4, -0.2) is 59.2 Å². The van der Waals surface area contributed by atoms with E-state index in [2.05, 4.69) is 20.9 Å². The van der Waals surface area contributed by atoms with Gasteiger partial charge in [0.2, 0.25) is 17.7 Å². The minimum Gasteiger partial charge on any atom is -0.480 e. The second-order valence-electron chi connectivity index (χ2n) is 11.7. The third-order valence-corrected chi connectivity index (χ3v) is 8.13. The molecule has 0 spiro atoms. The van der Waals surface area contributed by atoms with Crippen molar-refractivity contribution in [3.63, 3.8) is 0 Å². The van der Waals surface area contributed by atoms with Gasteiger partial charge in [0.15, 0.2) is 5.96 Å². The minimum absolute atomic E-state index is 0.0327. The molecule has 1 unspecified atom stereocenters. The van der Waals surface area contributed by atoms with Crippen molar-refractivity contribution in [2.45, 2.75) is 76.4 Å². The molecule has 13 heteroatoms. The van der Waals surface area contributed by atoms with Gasteiger partial charge in [-0.05, 0) is 42.7 Å². The number of carboxylic acid groups (broad SMARTS) is 1. The van der Waals surface area contributed by atoms with E-state index in [1.165, 1.54) is 0 Å². The van der Waals surface area contributed by atoms with Gasteiger partial charge in [-0.15, -0.1) is 0 Å². The van der Waals surface area contributed by atoms with E-state index in [4.69, 9.17) is 22.6 Å². The number of nitrogens with two attached hydrogens (primary N) is 3. The van der Waals surface area contributed by atoms with Crippen LogP contribution in [0.2, 0.25) is 0 Å². The van der Waals surface area contributed by atoms with Crippen LogP contribution in [0, 0.1) is 17.2 Å². The number of hydrogen-bond donors (Lipinski definition) is 8. The summed E-state index contributed by atoms with van der Waals surface area (Å²) in [6, 6.07) is 13.7. The number of carbonyl (C=O) groups excluding carboxylic acids is 3. The number of rotatable bonds is 17. The molecule has 3 amide bonds. The molecule has 0 bridgehead atoms. The molecule has 0 heterocycles. The smallest absolute Gasteiger partial charge is 0.326 e. The van der Waals surface area contributed by atoms with Crippen molar-refractivity contribution in [1.82, 2.24) is 16.0 Å². The zero-order valence-electron chi connectivity index (χ0n) is 26.0. The molecule has 2 aromatic rings. The maximum atomic E-state index is 13.9. The molecule has 0 aliphatic heterocycles. The third kappa shape index (κ3) is 11.9. The van der Waals surface area contributed by atoms with E-state index in [0.29, 0.717) is 24.0 Å². The topological polar surface area (TPSA) is 239 Å². The zero-order valence-corrected chi connectivity index (χ0v) is 26.0. The number of carboxylic acids is 1. The van der Waals surface area contributed by atoms with Crippen LogP contribution in [0.5, 0.6) is 0 Å². The lowest BCUT2D eigenvalue weighted by molar-refractivity contribution is -0.142. The number of aliphatic imine (C=N–C) groups is 1. The number of carbonyl (C=O) groups is 4. The van der Waals surface area contributed by atoms with E-state index in [0.717, 1.165) is 37.7 Å². The van der Waals surface area contributed by atoms with Gasteiger partial charge in [0.1, 0.15) is 23.8 Å². The van der Waals surface area contributed by atoms with Gasteiger partial charge in [-0.1, -0.05) is 86.7 Å². The van der Waals surface area contributed by atoms with E-state index >= 15 is 0 Å². The molecule has 13 nitrogen and oxygen atoms in total. The van der Waals surface area contributed by atoms with Gasteiger partial charge >= 0.3 is 5.97 Å². The molecule has 1 saturated carbocycles. The van der Waals surface area contributed by atoms with Gasteiger partial charge < -0.3 is 38.3 Å². The van der Waals surface area contributed by atoms with Gasteiger partial charge in [0.05, 0.1) is 0 Å². The quantitative estimate of drug-likeness (QED) is 0.0548. The first-order chi connectivity index (χ1) is 22.0. The van der Waals surface area contributed by atoms with Crippen molar-refractivity contribution in [3.8, 4) is 0 Å². The van der Waals surface area contributed by atoms with Crippen molar-refractivity contribution < 1.29 is 24.3 Å². The monoisotopic (exact) mass is 634 g/mol. The van der Waals surface area contributed by atoms with Crippen molar-refractivity contribution >= 4 is 35.5 Å². The van der Waals surface area contributed by atoms with Crippen LogP contribution in [0.4, 0.5) is 0 Å². The number of guanidine groups is 1. The Labute approximate surface area is 269 Å². The number of aliphatic carboxylic acids is 1. The highest BCUT2D eigenvalue weighted by molar-refractivity contribution is 6.02. The summed E-state index contributed by atoms with van der Waals surface area (Å²) in [5, 5.41) is 25.7. The number of nitrogens with one attached hydrogen (secondary N) is 4. The summed E-state index contributed by atoms with van der Waals surface area (Å²) in [4.78, 5) is 56.8. The van der Waals surface area contributed by atoms with Gasteiger partial charge in [-0.2, -0.15) is 0 Å². The van der Waals surface area contributed by atoms with Gasteiger partial charge in [0.25, 0.3) is 0 Å². The van der Waals surface area contributed by atoms with Crippen LogP contribution in [0.15, 0.2) is 59.6 Å². The van der Waals surface area contributed by atoms with Crippen LogP contribution in [-0.2, 0) is 32.1 Å². The first-order valence-corrected chi connectivity index (χ1v) is 15.7. The molecule has 1 fully saturated rings. The summed E-state index contributed by atoms with van der Waals surface area (Å²) < 4.78 is 0. The number of hydrogen-bond acceptors (Lipinski definition) is 6. The molecule has 1 aliphatic carbocycles. The van der Waals surface area contributed by atoms with Crippen LogP contribution in [0.25, 0.3) is 0 Å². The maximum absolute atomic E-state index is 13.9. The van der Waals surface area contributed by atoms with Crippen LogP contribution in [0.3, 0.4) is 0 Å². The molecule has 0 radical (unpaired) electrons. The molecule has 0 saturated heterocycles. The Hall–Kier alpha value is -4.94. The van der Waals surface area contributed by atoms with E-state index in [-0.39, 0.29) is 43.6 Å². The number of nitrogens with zero attached hydrogens (tertiary/aromatic N) is 1. The Balaban J connectivity index is 1.81. The summed E-state index contributed by atoms with van der Waals surface area (Å²) in [7, 11) is 0. The minimum atomic E-state index is -1.21. The molecule has 3 rings (SSSR count). The number of amides is 3. The van der Waals surface area contributed by atoms with Gasteiger partial charge in [-0.3, -0.25) is 24.8 Å². The fraction of sp³-hybridized carbons (Fsp3) is 0.455. The van der Waals surface area contributed by atoms with E-state index in [9.17, 15) is 24.3 Å². The van der Waals surface area contributed by atoms with Crippen molar-refractivity contribution in [2.75, 3.05) is 6.54 Å². The molecular formula is C33H46N8O5. The predicted molar refractivity (Wildman–Crippen MR) is 176 cm³/mol. The lowest BCUT2D eigenvalue weighted by atomic mass is 9.84. The SMILES string of the molecule is N=C(N)c1ccc(C[C@@H](C(=O)NCc2ccccc2)C(=O)N[C@@H](CC2CCCCC2)C(=O)NC(CCCN=C(N)N)C(=O)O)cc1. The number of benzene rings is 2. The second-order valence-corrected chi connectivity index (χ2v) is 11.7. The highest BCUT2D eigenvalue weighted by Crippen LogP contribution is 2.27. The molecule has 3 atom stereocenters. The summed E-state index contributed by atoms with van der Waals surface area (Å²) in [5.41, 5.74) is 18.3. The van der Waals surface area contributed by atoms with E-state index < -0.39 is 41.7 Å². The van der Waals surface area contributed by atoms with Crippen LogP contribution >= 0.6 is 0 Å². The van der Waals surface area contributed by atoms with Gasteiger partial charge in [0, 0.05) is 18.7 Å². The largest absolute Gasteiger partial charge is 0.480 e. The zero-order chi connectivity index (χ0) is 33.5. The highest BCUT2D eigenvalue weighted by atomic mass is 16.4. The van der Waals surface area contributed by atoms with Crippen LogP contribution in [0.1, 0.15) is 68.1 Å². The summed E-state index contributed by atoms with van der Waals surface area (Å²) in [5.74, 6) is -4.23. The van der Waals surface area contributed by atoms with Crippen molar-refractivity contribution in [1.29, 1.82) is 5.41 Å². The lowest BCUT2D eigenvalue weighted by Crippen LogP contribution is -2.54. The first-order valence-electron chi connectivity index (χ1n) is 15.7. The Morgan fingerprint density at radius 2 is 1.50 bits per heavy atom. The Bertz CT molecular complexity index is 1360. The standard InChI is InChI=1S/C33H46N8O5/c34-28(35)24-15-13-22(14-16-24)18-25(29(42)39-20-23-10-5-2-6-11-23)30(43)41-27(19-21-8-3-1-4-9-21)31(44)40-26(32(45)46)12-7-17-38-33(36)37/h2,5-6,10-11,13-16,21,25-27H,1,3-4,7-9,12,17-20H2,(H3,34,35)(H,39,42)(H,40,44)(H,41,43)(H,45,46)(H4,36,37,38)/t25-,26?,27-/m0/s1. The maximum Gasteiger partial charge on any atom is 0.326 e. The van der Waals surface area contributed by atoms with Crippen LogP contribution < -0.4 is 33.2 Å². The van der Waals surface area contributed by atoms with Crippen molar-refractivity contribution in [2.24, 2.45) is 34.0 Å². The Kier molecular flexibility index (Phi) is 14.0. The predicted octanol–water partition coefficient (Wildman–Crippen LogP) is 1.52. The summed E-state index contributed by atoms with van der Waals surface area (Å²) >= 11 is 0. The Morgan fingerprint density at radius 3 is 2.11 bits per heavy atom. The normalized spacial score (nSPS) is 15.0. The third-order valence-electron chi connectivity index (χ3n) is 8.13. The summed E-state index contributed by atoms with van der Waals surface area (Å²) in [6.45, 7) is 0.413.